The highest BCUT2D eigenvalue weighted by molar-refractivity contribution is 5.31. The fourth-order valence-corrected chi connectivity index (χ4v) is 2.37. The van der Waals surface area contributed by atoms with Crippen LogP contribution in [0.5, 0.6) is 0 Å². The fourth-order valence-electron chi connectivity index (χ4n) is 2.37. The Hall–Kier alpha value is -1.16. The highest BCUT2D eigenvalue weighted by atomic mass is 16.3. The van der Waals surface area contributed by atoms with E-state index in [-0.39, 0.29) is 6.10 Å². The van der Waals surface area contributed by atoms with E-state index in [2.05, 4.69) is 28.7 Å². The van der Waals surface area contributed by atoms with Crippen LogP contribution in [0.2, 0.25) is 0 Å². The largest absolute Gasteiger partial charge is 0.393 e. The molecule has 1 N–H and O–H groups in total. The van der Waals surface area contributed by atoms with Gasteiger partial charge in [0, 0.05) is 25.5 Å². The Morgan fingerprint density at radius 1 is 1.17 bits per heavy atom. The van der Waals surface area contributed by atoms with Gasteiger partial charge >= 0.3 is 0 Å². The van der Waals surface area contributed by atoms with Crippen molar-refractivity contribution in [1.82, 2.24) is 9.97 Å². The summed E-state index contributed by atoms with van der Waals surface area (Å²) in [5.41, 5.74) is 1.18. The van der Waals surface area contributed by atoms with Gasteiger partial charge < -0.3 is 10.0 Å². The summed E-state index contributed by atoms with van der Waals surface area (Å²) in [7, 11) is 0. The third-order valence-electron chi connectivity index (χ3n) is 3.83. The van der Waals surface area contributed by atoms with Crippen LogP contribution < -0.4 is 4.90 Å². The van der Waals surface area contributed by atoms with E-state index in [1.165, 1.54) is 5.56 Å². The number of rotatable bonds is 3. The monoisotopic (exact) mass is 249 g/mol. The normalized spacial score (nSPS) is 19.3. The molecule has 2 rings (SSSR count). The Bertz CT molecular complexity index is 367. The van der Waals surface area contributed by atoms with Crippen LogP contribution in [0.3, 0.4) is 0 Å². The van der Waals surface area contributed by atoms with Gasteiger partial charge in [-0.2, -0.15) is 0 Å². The summed E-state index contributed by atoms with van der Waals surface area (Å²) in [6, 6.07) is 0. The molecule has 2 heterocycles. The molecule has 1 aromatic heterocycles. The molecule has 1 aromatic rings. The van der Waals surface area contributed by atoms with E-state index in [1.54, 1.807) is 0 Å². The first kappa shape index (κ1) is 13.3. The second kappa shape index (κ2) is 5.65. The number of aliphatic hydroxyl groups excluding tert-OH is 1. The number of nitrogens with zero attached hydrogens (tertiary/aromatic N) is 3. The Balaban J connectivity index is 1.97. The average molecular weight is 249 g/mol. The van der Waals surface area contributed by atoms with E-state index < -0.39 is 0 Å². The Morgan fingerprint density at radius 3 is 2.17 bits per heavy atom. The highest BCUT2D eigenvalue weighted by Gasteiger charge is 2.23. The predicted octanol–water partition coefficient (Wildman–Crippen LogP) is 2.20. The summed E-state index contributed by atoms with van der Waals surface area (Å²) >= 11 is 0. The summed E-state index contributed by atoms with van der Waals surface area (Å²) in [5.74, 6) is 1.72. The van der Waals surface area contributed by atoms with Gasteiger partial charge in [-0.05, 0) is 37.2 Å². The van der Waals surface area contributed by atoms with Crippen molar-refractivity contribution in [3.8, 4) is 0 Å². The number of aliphatic hydroxyl groups is 1. The van der Waals surface area contributed by atoms with Gasteiger partial charge in [-0.1, -0.05) is 13.8 Å². The third-order valence-corrected chi connectivity index (χ3v) is 3.83. The fraction of sp³-hybridized carbons (Fsp3) is 0.714. The minimum Gasteiger partial charge on any atom is -0.393 e. The van der Waals surface area contributed by atoms with Gasteiger partial charge in [0.1, 0.15) is 0 Å². The van der Waals surface area contributed by atoms with E-state index in [0.29, 0.717) is 11.8 Å². The van der Waals surface area contributed by atoms with Crippen molar-refractivity contribution in [3.63, 3.8) is 0 Å². The molecular weight excluding hydrogens is 226 g/mol. The number of anilines is 1. The molecule has 1 unspecified atom stereocenters. The van der Waals surface area contributed by atoms with E-state index in [4.69, 9.17) is 0 Å². The summed E-state index contributed by atoms with van der Waals surface area (Å²) in [6.45, 7) is 8.06. The lowest BCUT2D eigenvalue weighted by Crippen LogP contribution is -2.37. The predicted molar refractivity (Wildman–Crippen MR) is 72.7 cm³/mol. The van der Waals surface area contributed by atoms with E-state index >= 15 is 0 Å². The Morgan fingerprint density at radius 2 is 1.72 bits per heavy atom. The second-order valence-corrected chi connectivity index (χ2v) is 5.54. The maximum absolute atomic E-state index is 9.58. The molecule has 1 saturated heterocycles. The minimum absolute atomic E-state index is 0.198. The summed E-state index contributed by atoms with van der Waals surface area (Å²) < 4.78 is 0. The van der Waals surface area contributed by atoms with Crippen LogP contribution in [-0.2, 0) is 0 Å². The van der Waals surface area contributed by atoms with Crippen LogP contribution in [0.1, 0.15) is 45.1 Å². The molecule has 0 aromatic carbocycles. The van der Waals surface area contributed by atoms with Gasteiger partial charge in [0.05, 0.1) is 6.10 Å². The number of aromatic nitrogens is 2. The van der Waals surface area contributed by atoms with Gasteiger partial charge in [0.15, 0.2) is 0 Å². The molecular formula is C14H23N3O. The van der Waals surface area contributed by atoms with Crippen molar-refractivity contribution in [2.75, 3.05) is 18.0 Å². The summed E-state index contributed by atoms with van der Waals surface area (Å²) in [5, 5.41) is 9.58. The summed E-state index contributed by atoms with van der Waals surface area (Å²) in [4.78, 5) is 11.1. The smallest absolute Gasteiger partial charge is 0.225 e. The molecule has 0 aliphatic carbocycles. The zero-order valence-corrected chi connectivity index (χ0v) is 11.5. The maximum Gasteiger partial charge on any atom is 0.225 e. The van der Waals surface area contributed by atoms with Gasteiger partial charge in [-0.3, -0.25) is 0 Å². The Labute approximate surface area is 109 Å². The Kier molecular flexibility index (Phi) is 4.17. The number of piperidine rings is 1. The molecule has 0 bridgehead atoms. The van der Waals surface area contributed by atoms with Crippen molar-refractivity contribution >= 4 is 5.95 Å². The topological polar surface area (TPSA) is 49.2 Å². The van der Waals surface area contributed by atoms with Crippen molar-refractivity contribution in [1.29, 1.82) is 0 Å². The molecule has 0 saturated carbocycles. The van der Waals surface area contributed by atoms with Crippen molar-refractivity contribution in [3.05, 3.63) is 18.0 Å². The second-order valence-electron chi connectivity index (χ2n) is 5.54. The summed E-state index contributed by atoms with van der Waals surface area (Å²) in [6.07, 6.45) is 5.69. The highest BCUT2D eigenvalue weighted by Crippen LogP contribution is 2.23. The molecule has 1 aliphatic heterocycles. The molecule has 1 aliphatic rings. The van der Waals surface area contributed by atoms with Crippen molar-refractivity contribution in [2.24, 2.45) is 5.92 Å². The molecule has 100 valence electrons. The lowest BCUT2D eigenvalue weighted by Gasteiger charge is -2.33. The average Bonchev–Trinajstić information content (AvgIpc) is 2.39. The van der Waals surface area contributed by atoms with Crippen LogP contribution >= 0.6 is 0 Å². The van der Waals surface area contributed by atoms with Crippen molar-refractivity contribution in [2.45, 2.75) is 45.6 Å². The van der Waals surface area contributed by atoms with Crippen LogP contribution in [0.15, 0.2) is 12.4 Å². The third kappa shape index (κ3) is 2.99. The first-order valence-electron chi connectivity index (χ1n) is 6.83. The first-order valence-corrected chi connectivity index (χ1v) is 6.83. The first-order chi connectivity index (χ1) is 8.58. The maximum atomic E-state index is 9.58. The number of hydrogen-bond acceptors (Lipinski definition) is 4. The molecule has 1 fully saturated rings. The van der Waals surface area contributed by atoms with Crippen LogP contribution in [0.25, 0.3) is 0 Å². The quantitative estimate of drug-likeness (QED) is 0.892. The lowest BCUT2D eigenvalue weighted by molar-refractivity contribution is 0.109. The van der Waals surface area contributed by atoms with Gasteiger partial charge in [0.25, 0.3) is 0 Å². The van der Waals surface area contributed by atoms with Gasteiger partial charge in [-0.15, -0.1) is 0 Å². The van der Waals surface area contributed by atoms with Crippen LogP contribution in [0, 0.1) is 5.92 Å². The lowest BCUT2D eigenvalue weighted by atomic mass is 9.92. The number of hydrogen-bond donors (Lipinski definition) is 1. The SMILES string of the molecule is CC(C)c1cnc(N2CCC(C(C)O)CC2)nc1. The van der Waals surface area contributed by atoms with Gasteiger partial charge in [-0.25, -0.2) is 9.97 Å². The van der Waals surface area contributed by atoms with Gasteiger partial charge in [0.2, 0.25) is 5.95 Å². The zero-order chi connectivity index (χ0) is 13.1. The molecule has 18 heavy (non-hydrogen) atoms. The molecule has 4 heteroatoms. The van der Waals surface area contributed by atoms with Crippen LogP contribution in [0.4, 0.5) is 5.95 Å². The molecule has 0 radical (unpaired) electrons. The zero-order valence-electron chi connectivity index (χ0n) is 11.5. The standard InChI is InChI=1S/C14H23N3O/c1-10(2)13-8-15-14(16-9-13)17-6-4-12(5-7-17)11(3)18/h8-12,18H,4-7H2,1-3H3. The van der Waals surface area contributed by atoms with Crippen LogP contribution in [-0.4, -0.2) is 34.3 Å². The molecule has 0 amide bonds. The molecule has 1 atom stereocenters. The minimum atomic E-state index is -0.198. The van der Waals surface area contributed by atoms with E-state index in [0.717, 1.165) is 31.9 Å². The molecule has 0 spiro atoms. The molecule has 4 nitrogen and oxygen atoms in total. The van der Waals surface area contributed by atoms with E-state index in [9.17, 15) is 5.11 Å². The van der Waals surface area contributed by atoms with Crippen molar-refractivity contribution < 1.29 is 5.11 Å². The van der Waals surface area contributed by atoms with E-state index in [1.807, 2.05) is 19.3 Å².